The molecule has 1 atom stereocenters. The number of hydrogen-bond donors (Lipinski definition) is 2. The largest absolute Gasteiger partial charge is 0.493 e. The molecule has 1 rings (SSSR count). The van der Waals surface area contributed by atoms with E-state index in [9.17, 15) is 0 Å². The van der Waals surface area contributed by atoms with Gasteiger partial charge in [0.25, 0.3) is 0 Å². The lowest BCUT2D eigenvalue weighted by atomic mass is 10.1. The summed E-state index contributed by atoms with van der Waals surface area (Å²) in [5, 5.41) is 8.81. The number of ether oxygens (including phenoxy) is 4. The Hall–Kier alpha value is -1.50. The molecule has 1 aromatic carbocycles. The number of aliphatic hydroxyl groups is 1. The molecule has 1 unspecified atom stereocenters. The van der Waals surface area contributed by atoms with E-state index >= 15 is 0 Å². The maximum atomic E-state index is 8.81. The van der Waals surface area contributed by atoms with Crippen molar-refractivity contribution in [3.05, 3.63) is 17.7 Å². The summed E-state index contributed by atoms with van der Waals surface area (Å²) >= 11 is 0. The summed E-state index contributed by atoms with van der Waals surface area (Å²) in [6, 6.07) is 3.58. The molecule has 0 saturated carbocycles. The Labute approximate surface area is 113 Å². The summed E-state index contributed by atoms with van der Waals surface area (Å²) in [5.74, 6) is 1.61. The molecule has 108 valence electrons. The van der Waals surface area contributed by atoms with Gasteiger partial charge in [0.05, 0.1) is 40.6 Å². The zero-order valence-corrected chi connectivity index (χ0v) is 11.5. The number of methoxy groups -OCH3 is 3. The van der Waals surface area contributed by atoms with Crippen LogP contribution in [0.5, 0.6) is 17.2 Å². The maximum absolute atomic E-state index is 8.81. The average molecular weight is 271 g/mol. The van der Waals surface area contributed by atoms with E-state index in [4.69, 9.17) is 29.8 Å². The molecule has 0 radical (unpaired) electrons. The first-order valence-corrected chi connectivity index (χ1v) is 5.94. The van der Waals surface area contributed by atoms with Crippen molar-refractivity contribution < 1.29 is 24.1 Å². The van der Waals surface area contributed by atoms with Gasteiger partial charge in [-0.3, -0.25) is 0 Å². The van der Waals surface area contributed by atoms with Crippen LogP contribution in [0.4, 0.5) is 0 Å². The maximum Gasteiger partial charge on any atom is 0.203 e. The average Bonchev–Trinajstić information content (AvgIpc) is 2.46. The van der Waals surface area contributed by atoms with E-state index in [0.717, 1.165) is 5.56 Å². The minimum absolute atomic E-state index is 0.0546. The normalized spacial score (nSPS) is 12.1. The molecular formula is C13H21NO5. The van der Waals surface area contributed by atoms with E-state index in [-0.39, 0.29) is 19.3 Å². The second kappa shape index (κ2) is 7.83. The van der Waals surface area contributed by atoms with Crippen molar-refractivity contribution in [1.82, 2.24) is 0 Å². The van der Waals surface area contributed by atoms with Crippen LogP contribution in [0, 0.1) is 0 Å². The van der Waals surface area contributed by atoms with Crippen molar-refractivity contribution in [3.8, 4) is 17.2 Å². The van der Waals surface area contributed by atoms with Crippen LogP contribution in [-0.2, 0) is 4.74 Å². The Morgan fingerprint density at radius 3 is 2.05 bits per heavy atom. The predicted molar refractivity (Wildman–Crippen MR) is 70.9 cm³/mol. The Kier molecular flexibility index (Phi) is 6.41. The number of rotatable bonds is 8. The molecule has 3 N–H and O–H groups in total. The third kappa shape index (κ3) is 3.73. The summed E-state index contributed by atoms with van der Waals surface area (Å²) < 4.78 is 21.3. The van der Waals surface area contributed by atoms with Crippen LogP contribution in [0.2, 0.25) is 0 Å². The Morgan fingerprint density at radius 1 is 1.11 bits per heavy atom. The highest BCUT2D eigenvalue weighted by atomic mass is 16.5. The van der Waals surface area contributed by atoms with Gasteiger partial charge in [0.2, 0.25) is 5.75 Å². The van der Waals surface area contributed by atoms with Crippen LogP contribution in [0.3, 0.4) is 0 Å². The monoisotopic (exact) mass is 271 g/mol. The standard InChI is InChI=1S/C13H21NO5/c1-16-10-6-9(12(8-14)19-5-4-15)7-11(17-2)13(10)18-3/h6-7,12,15H,4-5,8,14H2,1-3H3. The lowest BCUT2D eigenvalue weighted by molar-refractivity contribution is 0.0326. The van der Waals surface area contributed by atoms with E-state index in [2.05, 4.69) is 0 Å². The molecular weight excluding hydrogens is 250 g/mol. The fraction of sp³-hybridized carbons (Fsp3) is 0.538. The third-order valence-electron chi connectivity index (χ3n) is 2.68. The van der Waals surface area contributed by atoms with Crippen LogP contribution in [0.1, 0.15) is 11.7 Å². The van der Waals surface area contributed by atoms with Crippen molar-refractivity contribution >= 4 is 0 Å². The molecule has 0 aromatic heterocycles. The molecule has 6 nitrogen and oxygen atoms in total. The summed E-state index contributed by atoms with van der Waals surface area (Å²) in [5.41, 5.74) is 6.49. The molecule has 0 spiro atoms. The molecule has 0 heterocycles. The lowest BCUT2D eigenvalue weighted by Crippen LogP contribution is -2.17. The second-order valence-electron chi connectivity index (χ2n) is 3.78. The minimum atomic E-state index is -0.333. The van der Waals surface area contributed by atoms with Gasteiger partial charge < -0.3 is 29.8 Å². The first kappa shape index (κ1) is 15.6. The van der Waals surface area contributed by atoms with Crippen molar-refractivity contribution in [2.75, 3.05) is 41.1 Å². The van der Waals surface area contributed by atoms with Crippen molar-refractivity contribution in [2.45, 2.75) is 6.10 Å². The molecule has 0 amide bonds. The van der Waals surface area contributed by atoms with Crippen molar-refractivity contribution in [3.63, 3.8) is 0 Å². The quantitative estimate of drug-likeness (QED) is 0.725. The molecule has 1 aromatic rings. The summed E-state index contributed by atoms with van der Waals surface area (Å²) in [4.78, 5) is 0. The Morgan fingerprint density at radius 2 is 1.68 bits per heavy atom. The first-order valence-electron chi connectivity index (χ1n) is 5.94. The van der Waals surface area contributed by atoms with Gasteiger partial charge in [-0.2, -0.15) is 0 Å². The van der Waals surface area contributed by atoms with E-state index in [0.29, 0.717) is 23.8 Å². The summed E-state index contributed by atoms with van der Waals surface area (Å²) in [6.45, 7) is 0.456. The van der Waals surface area contributed by atoms with E-state index in [1.165, 1.54) is 0 Å². The molecule has 19 heavy (non-hydrogen) atoms. The topological polar surface area (TPSA) is 83.2 Å². The molecule has 0 aliphatic rings. The predicted octanol–water partition coefficient (Wildman–Crippen LogP) is 0.721. The highest BCUT2D eigenvalue weighted by Crippen LogP contribution is 2.40. The van der Waals surface area contributed by atoms with Gasteiger partial charge in [0.1, 0.15) is 0 Å². The molecule has 0 aliphatic heterocycles. The van der Waals surface area contributed by atoms with Gasteiger partial charge >= 0.3 is 0 Å². The first-order chi connectivity index (χ1) is 9.21. The molecule has 0 bridgehead atoms. The van der Waals surface area contributed by atoms with Crippen LogP contribution in [-0.4, -0.2) is 46.2 Å². The zero-order chi connectivity index (χ0) is 14.3. The second-order valence-corrected chi connectivity index (χ2v) is 3.78. The van der Waals surface area contributed by atoms with E-state index in [1.807, 2.05) is 0 Å². The van der Waals surface area contributed by atoms with Crippen LogP contribution in [0.25, 0.3) is 0 Å². The number of benzene rings is 1. The number of nitrogens with two attached hydrogens (primary N) is 1. The van der Waals surface area contributed by atoms with E-state index in [1.54, 1.807) is 33.5 Å². The van der Waals surface area contributed by atoms with Gasteiger partial charge in [-0.05, 0) is 17.7 Å². The van der Waals surface area contributed by atoms with Gasteiger partial charge in [-0.1, -0.05) is 0 Å². The van der Waals surface area contributed by atoms with Crippen LogP contribution in [0.15, 0.2) is 12.1 Å². The smallest absolute Gasteiger partial charge is 0.203 e. The zero-order valence-electron chi connectivity index (χ0n) is 11.5. The fourth-order valence-electron chi connectivity index (χ4n) is 1.78. The van der Waals surface area contributed by atoms with Gasteiger partial charge in [-0.15, -0.1) is 0 Å². The lowest BCUT2D eigenvalue weighted by Gasteiger charge is -2.19. The van der Waals surface area contributed by atoms with Crippen LogP contribution >= 0.6 is 0 Å². The minimum Gasteiger partial charge on any atom is -0.493 e. The molecule has 6 heteroatoms. The third-order valence-corrected chi connectivity index (χ3v) is 2.68. The summed E-state index contributed by atoms with van der Waals surface area (Å²) in [7, 11) is 4.64. The molecule has 0 aliphatic carbocycles. The number of hydrogen-bond acceptors (Lipinski definition) is 6. The SMILES string of the molecule is COc1cc(C(CN)OCCO)cc(OC)c1OC. The van der Waals surface area contributed by atoms with E-state index < -0.39 is 0 Å². The highest BCUT2D eigenvalue weighted by Gasteiger charge is 2.18. The molecule has 0 fully saturated rings. The fourth-order valence-corrected chi connectivity index (χ4v) is 1.78. The van der Waals surface area contributed by atoms with Gasteiger partial charge in [0, 0.05) is 6.54 Å². The van der Waals surface area contributed by atoms with Crippen LogP contribution < -0.4 is 19.9 Å². The number of aliphatic hydroxyl groups excluding tert-OH is 1. The van der Waals surface area contributed by atoms with Crippen molar-refractivity contribution in [2.24, 2.45) is 5.73 Å². The summed E-state index contributed by atoms with van der Waals surface area (Å²) in [6.07, 6.45) is -0.333. The van der Waals surface area contributed by atoms with Gasteiger partial charge in [0.15, 0.2) is 11.5 Å². The Bertz CT molecular complexity index is 372. The van der Waals surface area contributed by atoms with Gasteiger partial charge in [-0.25, -0.2) is 0 Å². The molecule has 0 saturated heterocycles. The highest BCUT2D eigenvalue weighted by molar-refractivity contribution is 5.54. The van der Waals surface area contributed by atoms with Crippen molar-refractivity contribution in [1.29, 1.82) is 0 Å². The Balaban J connectivity index is 3.12.